The number of carbonyl (C=O) groups excluding carboxylic acids is 1. The number of amides is 1. The minimum Gasteiger partial charge on any atom is -0.349 e. The van der Waals surface area contributed by atoms with Gasteiger partial charge < -0.3 is 5.32 Å². The van der Waals surface area contributed by atoms with E-state index in [4.69, 9.17) is 0 Å². The van der Waals surface area contributed by atoms with Gasteiger partial charge in [0.2, 0.25) is 5.91 Å². The zero-order chi connectivity index (χ0) is 19.8. The van der Waals surface area contributed by atoms with Crippen LogP contribution in [0.5, 0.6) is 0 Å². The topological polar surface area (TPSA) is 79.4 Å². The van der Waals surface area contributed by atoms with E-state index in [1.807, 2.05) is 32.2 Å². The molecule has 0 aromatic carbocycles. The Kier molecular flexibility index (Phi) is 5.85. The second-order valence-electron chi connectivity index (χ2n) is 6.89. The zero-order valence-corrected chi connectivity index (χ0v) is 18.0. The van der Waals surface area contributed by atoms with Gasteiger partial charge in [-0.05, 0) is 37.0 Å². The lowest BCUT2D eigenvalue weighted by molar-refractivity contribution is -0.118. The highest BCUT2D eigenvalue weighted by Gasteiger charge is 2.38. The van der Waals surface area contributed by atoms with E-state index >= 15 is 0 Å². The number of carbonyl (C=O) groups is 1. The normalized spacial score (nSPS) is 23.9. The van der Waals surface area contributed by atoms with E-state index in [0.29, 0.717) is 17.3 Å². The molecule has 0 bridgehead atoms. The van der Waals surface area contributed by atoms with Gasteiger partial charge in [-0.3, -0.25) is 4.79 Å². The van der Waals surface area contributed by atoms with Gasteiger partial charge in [0.15, 0.2) is 0 Å². The van der Waals surface area contributed by atoms with Gasteiger partial charge in [0, 0.05) is 24.5 Å². The van der Waals surface area contributed by atoms with Crippen molar-refractivity contribution in [3.63, 3.8) is 0 Å². The molecule has 2 atom stereocenters. The van der Waals surface area contributed by atoms with Crippen LogP contribution in [-0.2, 0) is 14.8 Å². The van der Waals surface area contributed by atoms with E-state index < -0.39 is 10.0 Å². The lowest BCUT2D eigenvalue weighted by Crippen LogP contribution is -2.55. The van der Waals surface area contributed by atoms with Gasteiger partial charge in [0.1, 0.15) is 4.21 Å². The lowest BCUT2D eigenvalue weighted by atomic mass is 9.87. The molecule has 3 heterocycles. The molecule has 9 heteroatoms. The van der Waals surface area contributed by atoms with Crippen molar-refractivity contribution in [1.29, 1.82) is 0 Å². The Morgan fingerprint density at radius 1 is 1.33 bits per heavy atom. The maximum absolute atomic E-state index is 13.1. The highest BCUT2D eigenvalue weighted by molar-refractivity contribution is 7.91. The van der Waals surface area contributed by atoms with Crippen molar-refractivity contribution in [3.05, 3.63) is 35.2 Å². The van der Waals surface area contributed by atoms with E-state index in [0.717, 1.165) is 15.6 Å². The van der Waals surface area contributed by atoms with E-state index in [1.54, 1.807) is 17.4 Å². The van der Waals surface area contributed by atoms with Crippen LogP contribution < -0.4 is 5.32 Å². The molecule has 6 nitrogen and oxygen atoms in total. The average molecular weight is 426 g/mol. The second kappa shape index (κ2) is 7.83. The number of sulfonamides is 1. The molecular weight excluding hydrogens is 402 g/mol. The highest BCUT2D eigenvalue weighted by Crippen LogP contribution is 2.34. The van der Waals surface area contributed by atoms with Crippen LogP contribution in [0.4, 0.5) is 0 Å². The van der Waals surface area contributed by atoms with E-state index in [2.05, 4.69) is 16.9 Å². The highest BCUT2D eigenvalue weighted by atomic mass is 32.2. The summed E-state index contributed by atoms with van der Waals surface area (Å²) in [5.74, 6) is -0.211. The molecule has 1 aliphatic rings. The van der Waals surface area contributed by atoms with Crippen LogP contribution in [0.15, 0.2) is 34.4 Å². The summed E-state index contributed by atoms with van der Waals surface area (Å²) in [6, 6.07) is 3.40. The van der Waals surface area contributed by atoms with Crippen LogP contribution in [0.1, 0.15) is 18.9 Å². The van der Waals surface area contributed by atoms with Crippen molar-refractivity contribution in [2.45, 2.75) is 31.0 Å². The van der Waals surface area contributed by atoms with Gasteiger partial charge in [-0.2, -0.15) is 4.31 Å². The van der Waals surface area contributed by atoms with Crippen molar-refractivity contribution in [3.8, 4) is 10.6 Å². The molecule has 0 saturated carbocycles. The van der Waals surface area contributed by atoms with Crippen LogP contribution in [0.3, 0.4) is 0 Å². The Bertz CT molecular complexity index is 936. The molecule has 0 spiro atoms. The Morgan fingerprint density at radius 3 is 2.56 bits per heavy atom. The van der Waals surface area contributed by atoms with E-state index in [-0.39, 0.29) is 23.8 Å². The first-order valence-electron chi connectivity index (χ1n) is 8.67. The summed E-state index contributed by atoms with van der Waals surface area (Å²) in [5.41, 5.74) is 0.816. The summed E-state index contributed by atoms with van der Waals surface area (Å²) in [6.07, 6.45) is 1.25. The number of piperidine rings is 1. The molecule has 1 amide bonds. The Morgan fingerprint density at radius 2 is 2.00 bits per heavy atom. The minimum atomic E-state index is -3.57. The van der Waals surface area contributed by atoms with Gasteiger partial charge in [-0.25, -0.2) is 13.4 Å². The first-order chi connectivity index (χ1) is 12.7. The summed E-state index contributed by atoms with van der Waals surface area (Å²) < 4.78 is 28.1. The average Bonchev–Trinajstić information content (AvgIpc) is 3.26. The second-order valence-corrected chi connectivity index (χ2v) is 11.2. The first kappa shape index (κ1) is 20.2. The third kappa shape index (κ3) is 4.16. The number of rotatable bonds is 5. The maximum atomic E-state index is 13.1. The molecule has 2 aromatic rings. The molecule has 3 rings (SSSR count). The van der Waals surface area contributed by atoms with E-state index in [9.17, 15) is 13.2 Å². The van der Waals surface area contributed by atoms with E-state index in [1.165, 1.54) is 21.7 Å². The number of aromatic nitrogens is 1. The first-order valence-corrected chi connectivity index (χ1v) is 11.8. The van der Waals surface area contributed by atoms with Crippen LogP contribution in [0, 0.1) is 18.8 Å². The fraction of sp³-hybridized carbons (Fsp3) is 0.444. The molecule has 146 valence electrons. The summed E-state index contributed by atoms with van der Waals surface area (Å²) >= 11 is 2.79. The van der Waals surface area contributed by atoms with Crippen LogP contribution in [0.2, 0.25) is 0 Å². The van der Waals surface area contributed by atoms with Crippen molar-refractivity contribution >= 4 is 38.6 Å². The van der Waals surface area contributed by atoms with Crippen LogP contribution in [-0.4, -0.2) is 42.7 Å². The quantitative estimate of drug-likeness (QED) is 0.747. The SMILES string of the molecule is C=CC(=O)NC1C(C)CN(S(=O)(=O)c2ccc(-c3csc(C)n3)s2)CC1C. The third-order valence-electron chi connectivity index (χ3n) is 4.75. The number of thiophene rings is 1. The Balaban J connectivity index is 1.79. The number of aryl methyl sites for hydroxylation is 1. The van der Waals surface area contributed by atoms with Crippen molar-refractivity contribution in [2.75, 3.05) is 13.1 Å². The Labute approximate surface area is 168 Å². The van der Waals surface area contributed by atoms with Gasteiger partial charge >= 0.3 is 0 Å². The number of nitrogens with one attached hydrogen (secondary N) is 1. The zero-order valence-electron chi connectivity index (χ0n) is 15.5. The van der Waals surface area contributed by atoms with Gasteiger partial charge in [-0.15, -0.1) is 22.7 Å². The molecular formula is C18H23N3O3S3. The molecule has 27 heavy (non-hydrogen) atoms. The van der Waals surface area contributed by atoms with Crippen LogP contribution >= 0.6 is 22.7 Å². The standard InChI is InChI=1S/C18H23N3O3S3/c1-5-16(22)20-18-11(2)8-21(9-12(18)3)27(23,24)17-7-6-15(26-17)14-10-25-13(4)19-14/h5-7,10-12,18H,1,8-9H2,2-4H3,(H,20,22). The molecule has 1 fully saturated rings. The largest absolute Gasteiger partial charge is 0.349 e. The monoisotopic (exact) mass is 425 g/mol. The molecule has 0 aliphatic carbocycles. The Hall–Kier alpha value is -1.55. The molecule has 1 saturated heterocycles. The van der Waals surface area contributed by atoms with Crippen LogP contribution in [0.25, 0.3) is 10.6 Å². The lowest BCUT2D eigenvalue weighted by Gasteiger charge is -2.40. The van der Waals surface area contributed by atoms with Crippen molar-refractivity contribution in [1.82, 2.24) is 14.6 Å². The summed E-state index contributed by atoms with van der Waals surface area (Å²) in [6.45, 7) is 10.1. The fourth-order valence-corrected chi connectivity index (χ4v) is 7.16. The molecule has 2 aromatic heterocycles. The number of hydrogen-bond donors (Lipinski definition) is 1. The van der Waals surface area contributed by atoms with Gasteiger partial charge in [-0.1, -0.05) is 20.4 Å². The smallest absolute Gasteiger partial charge is 0.252 e. The van der Waals surface area contributed by atoms with Crippen molar-refractivity contribution < 1.29 is 13.2 Å². The van der Waals surface area contributed by atoms with Gasteiger partial charge in [0.05, 0.1) is 15.6 Å². The predicted octanol–water partition coefficient (Wildman–Crippen LogP) is 3.13. The number of hydrogen-bond acceptors (Lipinski definition) is 6. The minimum absolute atomic E-state index is 0.00745. The number of thiazole rings is 1. The summed E-state index contributed by atoms with van der Waals surface area (Å²) in [4.78, 5) is 16.9. The van der Waals surface area contributed by atoms with Gasteiger partial charge in [0.25, 0.3) is 10.0 Å². The van der Waals surface area contributed by atoms with Crippen molar-refractivity contribution in [2.24, 2.45) is 11.8 Å². The molecule has 1 N–H and O–H groups in total. The number of nitrogens with zero attached hydrogens (tertiary/aromatic N) is 2. The fourth-order valence-electron chi connectivity index (χ4n) is 3.41. The summed E-state index contributed by atoms with van der Waals surface area (Å²) in [5, 5.41) is 5.82. The molecule has 0 radical (unpaired) electrons. The maximum Gasteiger partial charge on any atom is 0.252 e. The molecule has 1 aliphatic heterocycles. The predicted molar refractivity (Wildman–Crippen MR) is 109 cm³/mol. The molecule has 2 unspecified atom stereocenters. The summed E-state index contributed by atoms with van der Waals surface area (Å²) in [7, 11) is -3.57. The third-order valence-corrected chi connectivity index (χ3v) is 8.93.